The Kier molecular flexibility index (Phi) is 3.90. The number of anilines is 1. The van der Waals surface area contributed by atoms with Gasteiger partial charge in [-0.15, -0.1) is 0 Å². The third-order valence-electron chi connectivity index (χ3n) is 2.01. The zero-order valence-electron chi connectivity index (χ0n) is 9.23. The van der Waals surface area contributed by atoms with E-state index in [1.165, 1.54) is 31.3 Å². The minimum atomic E-state index is -4.45. The Morgan fingerprint density at radius 3 is 2.39 bits per heavy atom. The number of nitriles is 2. The second kappa shape index (κ2) is 5.19. The number of alkyl halides is 3. The summed E-state index contributed by atoms with van der Waals surface area (Å²) in [6.45, 7) is 0. The quantitative estimate of drug-likeness (QED) is 0.600. The first kappa shape index (κ1) is 13.5. The molecular formula is C11H7F3N4. The predicted molar refractivity (Wildman–Crippen MR) is 58.5 cm³/mol. The molecule has 0 fully saturated rings. The van der Waals surface area contributed by atoms with Gasteiger partial charge in [-0.25, -0.2) is 0 Å². The molecule has 0 bridgehead atoms. The van der Waals surface area contributed by atoms with Gasteiger partial charge >= 0.3 is 6.18 Å². The molecule has 0 amide bonds. The molecule has 1 aromatic carbocycles. The summed E-state index contributed by atoms with van der Waals surface area (Å²) < 4.78 is 37.4. The second-order valence-electron chi connectivity index (χ2n) is 3.24. The van der Waals surface area contributed by atoms with Gasteiger partial charge in [-0.2, -0.15) is 28.8 Å². The van der Waals surface area contributed by atoms with Crippen LogP contribution in [-0.4, -0.2) is 12.8 Å². The Morgan fingerprint density at radius 2 is 1.89 bits per heavy atom. The van der Waals surface area contributed by atoms with E-state index in [4.69, 9.17) is 10.5 Å². The smallest absolute Gasteiger partial charge is 0.267 e. The van der Waals surface area contributed by atoms with Gasteiger partial charge in [-0.3, -0.25) is 5.01 Å². The van der Waals surface area contributed by atoms with Gasteiger partial charge in [-0.05, 0) is 18.2 Å². The van der Waals surface area contributed by atoms with Crippen LogP contribution in [0.2, 0.25) is 0 Å². The summed E-state index contributed by atoms with van der Waals surface area (Å²) in [6, 6.07) is 7.48. The monoisotopic (exact) mass is 252 g/mol. The highest BCUT2D eigenvalue weighted by Gasteiger charge is 2.30. The van der Waals surface area contributed by atoms with E-state index < -0.39 is 17.5 Å². The van der Waals surface area contributed by atoms with Crippen molar-refractivity contribution in [2.24, 2.45) is 5.10 Å². The largest absolute Gasteiger partial charge is 0.416 e. The van der Waals surface area contributed by atoms with Gasteiger partial charge in [0.15, 0.2) is 0 Å². The molecule has 0 spiro atoms. The fraction of sp³-hybridized carbons (Fsp3) is 0.182. The van der Waals surface area contributed by atoms with E-state index in [0.29, 0.717) is 0 Å². The molecule has 18 heavy (non-hydrogen) atoms. The molecule has 4 nitrogen and oxygen atoms in total. The van der Waals surface area contributed by atoms with E-state index in [1.54, 1.807) is 0 Å². The number of halogens is 3. The molecule has 0 unspecified atom stereocenters. The molecule has 0 saturated carbocycles. The Labute approximate surface area is 101 Å². The molecule has 0 heterocycles. The maximum absolute atomic E-state index is 12.5. The maximum atomic E-state index is 12.5. The van der Waals surface area contributed by atoms with Crippen molar-refractivity contribution in [3.63, 3.8) is 0 Å². The van der Waals surface area contributed by atoms with Crippen molar-refractivity contribution >= 4 is 11.4 Å². The molecule has 7 heteroatoms. The standard InChI is InChI=1S/C11H7F3N4/c1-18(17-9(6-15)7-16)10-4-2-3-8(5-10)11(12,13)14/h2-5H,1H3. The average molecular weight is 252 g/mol. The molecule has 0 aliphatic rings. The molecule has 92 valence electrons. The fourth-order valence-corrected chi connectivity index (χ4v) is 1.16. The van der Waals surface area contributed by atoms with Crippen LogP contribution in [0.1, 0.15) is 5.56 Å². The number of rotatable bonds is 2. The lowest BCUT2D eigenvalue weighted by molar-refractivity contribution is -0.137. The summed E-state index contributed by atoms with van der Waals surface area (Å²) in [7, 11) is 1.35. The number of hydrogen-bond donors (Lipinski definition) is 0. The van der Waals surface area contributed by atoms with Crippen LogP contribution in [0, 0.1) is 22.7 Å². The third kappa shape index (κ3) is 3.22. The average Bonchev–Trinajstić information content (AvgIpc) is 2.34. The molecule has 1 rings (SSSR count). The molecule has 0 aliphatic carbocycles. The Bertz CT molecular complexity index is 533. The lowest BCUT2D eigenvalue weighted by Gasteiger charge is -2.14. The van der Waals surface area contributed by atoms with E-state index in [1.807, 2.05) is 0 Å². The lowest BCUT2D eigenvalue weighted by Crippen LogP contribution is -2.13. The van der Waals surface area contributed by atoms with E-state index in [-0.39, 0.29) is 5.69 Å². The summed E-state index contributed by atoms with van der Waals surface area (Å²) >= 11 is 0. The van der Waals surface area contributed by atoms with Gasteiger partial charge < -0.3 is 0 Å². The van der Waals surface area contributed by atoms with E-state index >= 15 is 0 Å². The first-order valence-electron chi connectivity index (χ1n) is 4.68. The van der Waals surface area contributed by atoms with Gasteiger partial charge in [-0.1, -0.05) is 6.07 Å². The van der Waals surface area contributed by atoms with Crippen LogP contribution in [-0.2, 0) is 6.18 Å². The van der Waals surface area contributed by atoms with Crippen LogP contribution >= 0.6 is 0 Å². The molecule has 0 aliphatic heterocycles. The molecular weight excluding hydrogens is 245 g/mol. The summed E-state index contributed by atoms with van der Waals surface area (Å²) in [5, 5.41) is 21.6. The minimum absolute atomic E-state index is 0.132. The highest BCUT2D eigenvalue weighted by Crippen LogP contribution is 2.31. The fourth-order valence-electron chi connectivity index (χ4n) is 1.16. The highest BCUT2D eigenvalue weighted by molar-refractivity contribution is 6.10. The van der Waals surface area contributed by atoms with Crippen molar-refractivity contribution in [3.05, 3.63) is 29.8 Å². The van der Waals surface area contributed by atoms with Gasteiger partial charge in [0.05, 0.1) is 11.3 Å². The predicted octanol–water partition coefficient (Wildman–Crippen LogP) is 2.54. The molecule has 0 radical (unpaired) electrons. The van der Waals surface area contributed by atoms with E-state index in [2.05, 4.69) is 5.10 Å². The SMILES string of the molecule is CN(N=C(C#N)C#N)c1cccc(C(F)(F)F)c1. The van der Waals surface area contributed by atoms with Crippen molar-refractivity contribution in [3.8, 4) is 12.1 Å². The Hall–Kier alpha value is -2.54. The van der Waals surface area contributed by atoms with Gasteiger partial charge in [0.2, 0.25) is 5.71 Å². The zero-order valence-corrected chi connectivity index (χ0v) is 9.23. The van der Waals surface area contributed by atoms with Crippen molar-refractivity contribution in [1.29, 1.82) is 10.5 Å². The van der Waals surface area contributed by atoms with Gasteiger partial charge in [0, 0.05) is 7.05 Å². The zero-order chi connectivity index (χ0) is 13.8. The molecule has 0 atom stereocenters. The summed E-state index contributed by atoms with van der Waals surface area (Å²) in [6.07, 6.45) is -4.45. The Morgan fingerprint density at radius 1 is 1.28 bits per heavy atom. The van der Waals surface area contributed by atoms with E-state index in [0.717, 1.165) is 17.1 Å². The first-order valence-corrected chi connectivity index (χ1v) is 4.68. The van der Waals surface area contributed by atoms with Crippen molar-refractivity contribution in [2.75, 3.05) is 12.1 Å². The van der Waals surface area contributed by atoms with Gasteiger partial charge in [0.25, 0.3) is 0 Å². The van der Waals surface area contributed by atoms with Crippen LogP contribution in [0.25, 0.3) is 0 Å². The van der Waals surface area contributed by atoms with Crippen LogP contribution in [0.15, 0.2) is 29.4 Å². The maximum Gasteiger partial charge on any atom is 0.416 e. The summed E-state index contributed by atoms with van der Waals surface area (Å²) in [5.74, 6) is 0. The molecule has 0 aromatic heterocycles. The van der Waals surface area contributed by atoms with Crippen LogP contribution in [0.4, 0.5) is 18.9 Å². The highest BCUT2D eigenvalue weighted by atomic mass is 19.4. The van der Waals surface area contributed by atoms with Crippen molar-refractivity contribution in [1.82, 2.24) is 0 Å². The van der Waals surface area contributed by atoms with Crippen molar-refractivity contribution < 1.29 is 13.2 Å². The number of hydrazone groups is 1. The lowest BCUT2D eigenvalue weighted by atomic mass is 10.2. The second-order valence-corrected chi connectivity index (χ2v) is 3.24. The molecule has 0 saturated heterocycles. The van der Waals surface area contributed by atoms with Crippen LogP contribution in [0.5, 0.6) is 0 Å². The van der Waals surface area contributed by atoms with Gasteiger partial charge in [0.1, 0.15) is 12.1 Å². The summed E-state index contributed by atoms with van der Waals surface area (Å²) in [4.78, 5) is 0. The van der Waals surface area contributed by atoms with Crippen molar-refractivity contribution in [2.45, 2.75) is 6.18 Å². The molecule has 0 N–H and O–H groups in total. The Balaban J connectivity index is 3.10. The topological polar surface area (TPSA) is 63.2 Å². The minimum Gasteiger partial charge on any atom is -0.267 e. The molecule has 1 aromatic rings. The van der Waals surface area contributed by atoms with E-state index in [9.17, 15) is 13.2 Å². The van der Waals surface area contributed by atoms with Crippen LogP contribution < -0.4 is 5.01 Å². The number of nitrogens with zero attached hydrogens (tertiary/aromatic N) is 4. The first-order chi connectivity index (χ1) is 8.38. The number of hydrogen-bond acceptors (Lipinski definition) is 4. The number of benzene rings is 1. The summed E-state index contributed by atoms with van der Waals surface area (Å²) in [5.41, 5.74) is -1.12. The normalized spacial score (nSPS) is 10.1. The van der Waals surface area contributed by atoms with Crippen LogP contribution in [0.3, 0.4) is 0 Å². The third-order valence-corrected chi connectivity index (χ3v) is 2.01.